The van der Waals surface area contributed by atoms with Crippen LogP contribution in [0, 0.1) is 6.92 Å². The molecule has 2 N–H and O–H groups in total. The second kappa shape index (κ2) is 9.41. The van der Waals surface area contributed by atoms with Crippen molar-refractivity contribution in [3.05, 3.63) is 83.7 Å². The number of aryl methyl sites for hydroxylation is 2. The van der Waals surface area contributed by atoms with E-state index in [1.54, 1.807) is 66.9 Å². The largest absolute Gasteiger partial charge is 0.342 e. The molecule has 0 atom stereocenters. The molecule has 2 heterocycles. The molecule has 1 aromatic heterocycles. The number of aromatic nitrogens is 1. The van der Waals surface area contributed by atoms with Crippen LogP contribution in [0.1, 0.15) is 23.2 Å². The van der Waals surface area contributed by atoms with E-state index in [9.17, 15) is 18.0 Å². The average molecular weight is 465 g/mol. The third-order valence-corrected chi connectivity index (χ3v) is 7.22. The van der Waals surface area contributed by atoms with Crippen molar-refractivity contribution in [2.45, 2.75) is 31.2 Å². The van der Waals surface area contributed by atoms with E-state index in [4.69, 9.17) is 0 Å². The number of nitrogens with one attached hydrogen (secondary N) is 2. The smallest absolute Gasteiger partial charge is 0.313 e. The topological polar surface area (TPSA) is 108 Å². The molecule has 1 aliphatic rings. The minimum Gasteiger partial charge on any atom is -0.342 e. The van der Waals surface area contributed by atoms with E-state index < -0.39 is 21.8 Å². The summed E-state index contributed by atoms with van der Waals surface area (Å²) < 4.78 is 28.0. The van der Waals surface area contributed by atoms with E-state index in [2.05, 4.69) is 15.6 Å². The summed E-state index contributed by atoms with van der Waals surface area (Å²) in [4.78, 5) is 28.9. The van der Waals surface area contributed by atoms with E-state index in [0.717, 1.165) is 17.5 Å². The molecule has 0 fully saturated rings. The Morgan fingerprint density at radius 1 is 1.03 bits per heavy atom. The van der Waals surface area contributed by atoms with Gasteiger partial charge in [-0.2, -0.15) is 0 Å². The number of anilines is 2. The molecule has 0 spiro atoms. The van der Waals surface area contributed by atoms with Crippen LogP contribution in [-0.4, -0.2) is 31.8 Å². The maximum atomic E-state index is 13.3. The van der Waals surface area contributed by atoms with Gasteiger partial charge in [0, 0.05) is 18.4 Å². The molecule has 8 nitrogen and oxygen atoms in total. The van der Waals surface area contributed by atoms with Crippen molar-refractivity contribution in [1.82, 2.24) is 10.3 Å². The zero-order valence-corrected chi connectivity index (χ0v) is 18.9. The summed E-state index contributed by atoms with van der Waals surface area (Å²) in [5, 5.41) is 5.08. The van der Waals surface area contributed by atoms with Crippen molar-refractivity contribution in [3.63, 3.8) is 0 Å². The van der Waals surface area contributed by atoms with Crippen LogP contribution < -0.4 is 14.9 Å². The molecular formula is C24H24N4O4S. The van der Waals surface area contributed by atoms with Crippen LogP contribution in [0.15, 0.2) is 71.8 Å². The molecule has 0 bridgehead atoms. The molecule has 0 aliphatic carbocycles. The lowest BCUT2D eigenvalue weighted by molar-refractivity contribution is -0.136. The van der Waals surface area contributed by atoms with Crippen molar-refractivity contribution in [2.24, 2.45) is 0 Å². The Morgan fingerprint density at radius 2 is 1.82 bits per heavy atom. The second-order valence-corrected chi connectivity index (χ2v) is 9.66. The number of nitrogens with zero attached hydrogens (tertiary/aromatic N) is 2. The van der Waals surface area contributed by atoms with Crippen LogP contribution in [0.25, 0.3) is 0 Å². The molecule has 0 saturated carbocycles. The summed E-state index contributed by atoms with van der Waals surface area (Å²) in [6, 6.07) is 17.1. The lowest BCUT2D eigenvalue weighted by Crippen LogP contribution is -2.36. The maximum Gasteiger partial charge on any atom is 0.313 e. The summed E-state index contributed by atoms with van der Waals surface area (Å²) in [5.41, 5.74) is 3.32. The number of sulfonamides is 1. The van der Waals surface area contributed by atoms with Crippen LogP contribution >= 0.6 is 0 Å². The number of pyridine rings is 1. The van der Waals surface area contributed by atoms with E-state index in [-0.39, 0.29) is 11.4 Å². The second-order valence-electron chi connectivity index (χ2n) is 7.80. The fourth-order valence-corrected chi connectivity index (χ4v) is 5.18. The van der Waals surface area contributed by atoms with Gasteiger partial charge in [-0.25, -0.2) is 8.42 Å². The van der Waals surface area contributed by atoms with E-state index >= 15 is 0 Å². The Kier molecular flexibility index (Phi) is 6.41. The lowest BCUT2D eigenvalue weighted by Gasteiger charge is -2.31. The first-order chi connectivity index (χ1) is 15.8. The molecular weight excluding hydrogens is 440 g/mol. The molecule has 170 valence electrons. The fourth-order valence-electron chi connectivity index (χ4n) is 3.65. The summed E-state index contributed by atoms with van der Waals surface area (Å²) in [6.07, 6.45) is 3.03. The Balaban J connectivity index is 1.51. The van der Waals surface area contributed by atoms with E-state index in [1.165, 1.54) is 4.31 Å². The summed E-state index contributed by atoms with van der Waals surface area (Å²) >= 11 is 0. The zero-order valence-electron chi connectivity index (χ0n) is 18.1. The third kappa shape index (κ3) is 5.04. The van der Waals surface area contributed by atoms with Gasteiger partial charge in [0.15, 0.2) is 0 Å². The first kappa shape index (κ1) is 22.5. The highest BCUT2D eigenvalue weighted by Crippen LogP contribution is 2.34. The van der Waals surface area contributed by atoms with Gasteiger partial charge >= 0.3 is 11.8 Å². The highest BCUT2D eigenvalue weighted by molar-refractivity contribution is 7.92. The first-order valence-corrected chi connectivity index (χ1v) is 12.0. The normalized spacial score (nSPS) is 13.2. The van der Waals surface area contributed by atoms with Crippen LogP contribution in [0.2, 0.25) is 0 Å². The van der Waals surface area contributed by atoms with Gasteiger partial charge in [0.2, 0.25) is 0 Å². The van der Waals surface area contributed by atoms with Gasteiger partial charge in [0.05, 0.1) is 22.8 Å². The van der Waals surface area contributed by atoms with E-state index in [1.807, 2.05) is 6.92 Å². The summed E-state index contributed by atoms with van der Waals surface area (Å²) in [6.45, 7) is 2.36. The molecule has 3 aromatic rings. The molecule has 0 saturated heterocycles. The summed E-state index contributed by atoms with van der Waals surface area (Å²) in [5.74, 6) is -1.64. The van der Waals surface area contributed by atoms with Crippen molar-refractivity contribution in [3.8, 4) is 0 Å². The fraction of sp³-hybridized carbons (Fsp3) is 0.208. The highest BCUT2D eigenvalue weighted by atomic mass is 32.2. The van der Waals surface area contributed by atoms with Gasteiger partial charge in [-0.15, -0.1) is 0 Å². The number of carbonyl (C=O) groups excluding carboxylic acids is 2. The molecule has 0 unspecified atom stereocenters. The Hall–Kier alpha value is -3.72. The van der Waals surface area contributed by atoms with Crippen LogP contribution in [-0.2, 0) is 32.6 Å². The van der Waals surface area contributed by atoms with Crippen molar-refractivity contribution < 1.29 is 18.0 Å². The summed E-state index contributed by atoms with van der Waals surface area (Å²) in [7, 11) is -3.76. The minimum absolute atomic E-state index is 0.125. The SMILES string of the molecule is Cc1ccc(S(=O)(=O)N2CCCc3ccc(NC(=O)C(=O)NCc4ccccn4)cc32)cc1. The van der Waals surface area contributed by atoms with Crippen LogP contribution in [0.3, 0.4) is 0 Å². The molecule has 1 aliphatic heterocycles. The molecule has 9 heteroatoms. The Bertz CT molecular complexity index is 1280. The number of fused-ring (bicyclic) bond motifs is 1. The molecule has 0 radical (unpaired) electrons. The van der Waals surface area contributed by atoms with Gasteiger partial charge < -0.3 is 10.6 Å². The third-order valence-electron chi connectivity index (χ3n) is 5.39. The average Bonchev–Trinajstić information content (AvgIpc) is 2.83. The standard InChI is InChI=1S/C24H24N4O4S/c1-17-7-11-21(12-8-17)33(31,32)28-14-4-5-18-9-10-19(15-22(18)28)27-24(30)23(29)26-16-20-6-2-3-13-25-20/h2-3,6-13,15H,4-5,14,16H2,1H3,(H,26,29)(H,27,30). The maximum absolute atomic E-state index is 13.3. The lowest BCUT2D eigenvalue weighted by atomic mass is 10.0. The van der Waals surface area contributed by atoms with E-state index in [0.29, 0.717) is 30.0 Å². The number of rotatable bonds is 5. The monoisotopic (exact) mass is 464 g/mol. The quantitative estimate of drug-likeness (QED) is 0.565. The van der Waals surface area contributed by atoms with Crippen molar-refractivity contribution in [1.29, 1.82) is 0 Å². The van der Waals surface area contributed by atoms with Gasteiger partial charge in [-0.1, -0.05) is 29.8 Å². The number of hydrogen-bond acceptors (Lipinski definition) is 5. The van der Waals surface area contributed by atoms with Gasteiger partial charge in [-0.3, -0.25) is 18.9 Å². The highest BCUT2D eigenvalue weighted by Gasteiger charge is 2.29. The Labute approximate surface area is 192 Å². The predicted octanol–water partition coefficient (Wildman–Crippen LogP) is 2.79. The first-order valence-electron chi connectivity index (χ1n) is 10.6. The number of hydrogen-bond donors (Lipinski definition) is 2. The minimum atomic E-state index is -3.76. The van der Waals surface area contributed by atoms with Crippen LogP contribution in [0.4, 0.5) is 11.4 Å². The zero-order chi connectivity index (χ0) is 23.4. The molecule has 2 amide bonds. The van der Waals surface area contributed by atoms with Crippen molar-refractivity contribution >= 4 is 33.2 Å². The molecule has 33 heavy (non-hydrogen) atoms. The molecule has 4 rings (SSSR count). The number of benzene rings is 2. The van der Waals surface area contributed by atoms with Gasteiger partial charge in [0.25, 0.3) is 10.0 Å². The predicted molar refractivity (Wildman–Crippen MR) is 125 cm³/mol. The number of carbonyl (C=O) groups is 2. The van der Waals surface area contributed by atoms with Gasteiger partial charge in [0.1, 0.15) is 0 Å². The van der Waals surface area contributed by atoms with Crippen LogP contribution in [0.5, 0.6) is 0 Å². The molecule has 2 aromatic carbocycles. The Morgan fingerprint density at radius 3 is 2.55 bits per heavy atom. The number of amides is 2. The van der Waals surface area contributed by atoms with Crippen molar-refractivity contribution in [2.75, 3.05) is 16.2 Å². The van der Waals surface area contributed by atoms with Gasteiger partial charge in [-0.05, 0) is 61.7 Å².